The topological polar surface area (TPSA) is 58.2 Å². The van der Waals surface area contributed by atoms with Crippen LogP contribution >= 0.6 is 0 Å². The Hall–Kier alpha value is -2.66. The third-order valence-electron chi connectivity index (χ3n) is 5.37. The van der Waals surface area contributed by atoms with Gasteiger partial charge in [0.2, 0.25) is 0 Å². The molecule has 5 nitrogen and oxygen atoms in total. The number of benzene rings is 2. The van der Waals surface area contributed by atoms with Crippen LogP contribution in [-0.4, -0.2) is 41.1 Å². The van der Waals surface area contributed by atoms with Crippen molar-refractivity contribution in [2.24, 2.45) is 5.92 Å². The summed E-state index contributed by atoms with van der Waals surface area (Å²) in [7, 11) is 0. The molecule has 0 amide bonds. The molecule has 2 aromatic carbocycles. The van der Waals surface area contributed by atoms with E-state index in [1.165, 1.54) is 25.9 Å². The third-order valence-corrected chi connectivity index (χ3v) is 5.37. The summed E-state index contributed by atoms with van der Waals surface area (Å²) in [5.41, 5.74) is 1.46. The van der Waals surface area contributed by atoms with Crippen molar-refractivity contribution in [1.29, 1.82) is 0 Å². The van der Waals surface area contributed by atoms with Crippen LogP contribution in [0, 0.1) is 5.92 Å². The first-order valence-electron chi connectivity index (χ1n) is 10.1. The Morgan fingerprint density at radius 1 is 1.18 bits per heavy atom. The van der Waals surface area contributed by atoms with Crippen molar-refractivity contribution in [3.8, 4) is 17.1 Å². The molecule has 1 saturated heterocycles. The van der Waals surface area contributed by atoms with Crippen LogP contribution in [0.3, 0.4) is 0 Å². The van der Waals surface area contributed by atoms with E-state index in [4.69, 9.17) is 4.74 Å². The number of hydrogen-bond donors (Lipinski definition) is 1. The van der Waals surface area contributed by atoms with E-state index in [1.807, 2.05) is 42.5 Å². The molecule has 4 rings (SSSR count). The van der Waals surface area contributed by atoms with Crippen LogP contribution in [0.15, 0.2) is 53.3 Å². The van der Waals surface area contributed by atoms with E-state index in [-0.39, 0.29) is 5.56 Å². The normalized spacial score (nSPS) is 17.7. The molecule has 1 atom stereocenters. The molecule has 3 aromatic rings. The molecular weight excluding hydrogens is 350 g/mol. The summed E-state index contributed by atoms with van der Waals surface area (Å²) in [5, 5.41) is 0.606. The molecule has 1 fully saturated rings. The molecular formula is C23H27N3O2. The minimum Gasteiger partial charge on any atom is -0.494 e. The highest BCUT2D eigenvalue weighted by Gasteiger charge is 2.15. The zero-order valence-electron chi connectivity index (χ0n) is 16.4. The maximum absolute atomic E-state index is 12.2. The molecule has 0 bridgehead atoms. The van der Waals surface area contributed by atoms with E-state index < -0.39 is 0 Å². The second-order valence-electron chi connectivity index (χ2n) is 7.71. The van der Waals surface area contributed by atoms with Crippen molar-refractivity contribution in [3.63, 3.8) is 0 Å². The van der Waals surface area contributed by atoms with Gasteiger partial charge in [0.05, 0.1) is 17.5 Å². The van der Waals surface area contributed by atoms with Crippen LogP contribution in [-0.2, 0) is 0 Å². The average Bonchev–Trinajstić information content (AvgIpc) is 2.72. The van der Waals surface area contributed by atoms with E-state index in [2.05, 4.69) is 21.8 Å². The number of hydrogen-bond acceptors (Lipinski definition) is 4. The molecule has 0 spiro atoms. The molecule has 146 valence electrons. The monoisotopic (exact) mass is 377 g/mol. The number of piperidine rings is 1. The number of aromatic nitrogens is 2. The van der Waals surface area contributed by atoms with Crippen LogP contribution in [0.2, 0.25) is 0 Å². The molecule has 1 N–H and O–H groups in total. The van der Waals surface area contributed by atoms with Crippen molar-refractivity contribution in [2.75, 3.05) is 26.2 Å². The highest BCUT2D eigenvalue weighted by Crippen LogP contribution is 2.20. The van der Waals surface area contributed by atoms with Crippen molar-refractivity contribution < 1.29 is 4.74 Å². The fourth-order valence-electron chi connectivity index (χ4n) is 3.90. The Morgan fingerprint density at radius 2 is 2.00 bits per heavy atom. The highest BCUT2D eigenvalue weighted by molar-refractivity contribution is 5.79. The van der Waals surface area contributed by atoms with Crippen LogP contribution < -0.4 is 10.3 Å². The maximum Gasteiger partial charge on any atom is 0.259 e. The van der Waals surface area contributed by atoms with Gasteiger partial charge >= 0.3 is 0 Å². The standard InChI is InChI=1S/C23H27N3O2/c1-17-6-4-13-26(16-17)14-5-15-28-19-11-9-18(10-12-19)22-24-21-8-3-2-7-20(21)23(27)25-22/h2-3,7-12,17H,4-6,13-16H2,1H3,(H,24,25,27). The highest BCUT2D eigenvalue weighted by atomic mass is 16.5. The lowest BCUT2D eigenvalue weighted by molar-refractivity contribution is 0.170. The predicted octanol–water partition coefficient (Wildman–Crippen LogP) is 4.09. The smallest absolute Gasteiger partial charge is 0.259 e. The number of likely N-dealkylation sites (tertiary alicyclic amines) is 1. The Balaban J connectivity index is 1.34. The molecule has 28 heavy (non-hydrogen) atoms. The fourth-order valence-corrected chi connectivity index (χ4v) is 3.90. The van der Waals surface area contributed by atoms with Gasteiger partial charge in [-0.05, 0) is 68.1 Å². The maximum atomic E-state index is 12.2. The first-order chi connectivity index (χ1) is 13.7. The van der Waals surface area contributed by atoms with E-state index in [9.17, 15) is 4.79 Å². The summed E-state index contributed by atoms with van der Waals surface area (Å²) in [5.74, 6) is 2.24. The van der Waals surface area contributed by atoms with Crippen molar-refractivity contribution in [3.05, 3.63) is 58.9 Å². The van der Waals surface area contributed by atoms with Gasteiger partial charge in [-0.1, -0.05) is 19.1 Å². The van der Waals surface area contributed by atoms with E-state index >= 15 is 0 Å². The first-order valence-corrected chi connectivity index (χ1v) is 10.1. The second kappa shape index (κ2) is 8.57. The van der Waals surface area contributed by atoms with Gasteiger partial charge in [-0.25, -0.2) is 4.98 Å². The van der Waals surface area contributed by atoms with Gasteiger partial charge in [-0.15, -0.1) is 0 Å². The minimum atomic E-state index is -0.118. The van der Waals surface area contributed by atoms with E-state index in [1.54, 1.807) is 6.07 Å². The van der Waals surface area contributed by atoms with Crippen LogP contribution in [0.4, 0.5) is 0 Å². The number of rotatable bonds is 6. The summed E-state index contributed by atoms with van der Waals surface area (Å²) in [6, 6.07) is 15.1. The second-order valence-corrected chi connectivity index (χ2v) is 7.71. The lowest BCUT2D eigenvalue weighted by Gasteiger charge is -2.30. The Kier molecular flexibility index (Phi) is 5.72. The first kappa shape index (κ1) is 18.7. The lowest BCUT2D eigenvalue weighted by Crippen LogP contribution is -2.35. The van der Waals surface area contributed by atoms with Gasteiger partial charge in [0.15, 0.2) is 0 Å². The number of fused-ring (bicyclic) bond motifs is 1. The molecule has 1 aromatic heterocycles. The SMILES string of the molecule is CC1CCCN(CCCOc2ccc(-c3nc4ccccc4c(=O)[nH]3)cc2)C1. The van der Waals surface area contributed by atoms with Crippen LogP contribution in [0.25, 0.3) is 22.3 Å². The molecule has 0 aliphatic carbocycles. The number of aromatic amines is 1. The molecule has 2 heterocycles. The summed E-state index contributed by atoms with van der Waals surface area (Å²) < 4.78 is 5.89. The van der Waals surface area contributed by atoms with E-state index in [0.717, 1.165) is 36.8 Å². The zero-order valence-corrected chi connectivity index (χ0v) is 16.4. The summed E-state index contributed by atoms with van der Waals surface area (Å²) in [6.45, 7) is 6.59. The summed E-state index contributed by atoms with van der Waals surface area (Å²) >= 11 is 0. The number of H-pyrrole nitrogens is 1. The summed E-state index contributed by atoms with van der Waals surface area (Å²) in [6.07, 6.45) is 3.71. The number of para-hydroxylation sites is 1. The molecule has 0 radical (unpaired) electrons. The summed E-state index contributed by atoms with van der Waals surface area (Å²) in [4.78, 5) is 22.2. The van der Waals surface area contributed by atoms with Gasteiger partial charge in [0, 0.05) is 18.7 Å². The fraction of sp³-hybridized carbons (Fsp3) is 0.391. The molecule has 5 heteroatoms. The van der Waals surface area contributed by atoms with Crippen molar-refractivity contribution >= 4 is 10.9 Å². The Bertz CT molecular complexity index is 981. The Morgan fingerprint density at radius 3 is 2.82 bits per heavy atom. The van der Waals surface area contributed by atoms with Gasteiger partial charge < -0.3 is 14.6 Å². The quantitative estimate of drug-likeness (QED) is 0.658. The average molecular weight is 377 g/mol. The molecule has 0 saturated carbocycles. The van der Waals surface area contributed by atoms with E-state index in [0.29, 0.717) is 16.7 Å². The lowest BCUT2D eigenvalue weighted by atomic mass is 10.0. The molecule has 1 unspecified atom stereocenters. The predicted molar refractivity (Wildman–Crippen MR) is 113 cm³/mol. The van der Waals surface area contributed by atoms with Gasteiger partial charge in [-0.2, -0.15) is 0 Å². The van der Waals surface area contributed by atoms with Crippen LogP contribution in [0.1, 0.15) is 26.2 Å². The number of nitrogens with zero attached hydrogens (tertiary/aromatic N) is 2. The van der Waals surface area contributed by atoms with Crippen molar-refractivity contribution in [2.45, 2.75) is 26.2 Å². The van der Waals surface area contributed by atoms with Gasteiger partial charge in [-0.3, -0.25) is 4.79 Å². The molecule has 1 aliphatic rings. The zero-order chi connectivity index (χ0) is 19.3. The molecule has 1 aliphatic heterocycles. The van der Waals surface area contributed by atoms with Crippen molar-refractivity contribution in [1.82, 2.24) is 14.9 Å². The van der Waals surface area contributed by atoms with Gasteiger partial charge in [0.1, 0.15) is 11.6 Å². The largest absolute Gasteiger partial charge is 0.494 e. The van der Waals surface area contributed by atoms with Gasteiger partial charge in [0.25, 0.3) is 5.56 Å². The van der Waals surface area contributed by atoms with Crippen LogP contribution in [0.5, 0.6) is 5.75 Å². The number of nitrogens with one attached hydrogen (secondary N) is 1. The third kappa shape index (κ3) is 4.42. The number of ether oxygens (including phenoxy) is 1. The minimum absolute atomic E-state index is 0.118. The Labute approximate surface area is 165 Å².